The zero-order chi connectivity index (χ0) is 12.7. The molecule has 1 aromatic heterocycles. The molecule has 1 N–H and O–H groups in total. The summed E-state index contributed by atoms with van der Waals surface area (Å²) in [6.07, 6.45) is 4.29. The van der Waals surface area contributed by atoms with E-state index in [9.17, 15) is 0 Å². The molecule has 0 spiro atoms. The van der Waals surface area contributed by atoms with Gasteiger partial charge in [0.05, 0.1) is 11.0 Å². The number of fused-ring (bicyclic) bond motifs is 2. The van der Waals surface area contributed by atoms with E-state index in [-0.39, 0.29) is 0 Å². The van der Waals surface area contributed by atoms with Crippen LogP contribution in [0.5, 0.6) is 0 Å². The highest BCUT2D eigenvalue weighted by Crippen LogP contribution is 2.26. The predicted molar refractivity (Wildman–Crippen MR) is 77.9 cm³/mol. The first-order chi connectivity index (χ1) is 9.42. The summed E-state index contributed by atoms with van der Waals surface area (Å²) in [5, 5.41) is 3.48. The average Bonchev–Trinajstić information content (AvgIpc) is 2.91. The highest BCUT2D eigenvalue weighted by atomic mass is 15.0. The Balaban J connectivity index is 1.88. The molecule has 0 aliphatic carbocycles. The third kappa shape index (κ3) is 1.70. The van der Waals surface area contributed by atoms with Crippen molar-refractivity contribution in [3.8, 4) is 5.69 Å². The van der Waals surface area contributed by atoms with Gasteiger partial charge in [-0.1, -0.05) is 18.2 Å². The van der Waals surface area contributed by atoms with Crippen molar-refractivity contribution in [2.24, 2.45) is 0 Å². The fraction of sp³-hybridized carbons (Fsp3) is 0.188. The second-order valence-electron chi connectivity index (χ2n) is 4.98. The molecular formula is C16H15N3. The van der Waals surface area contributed by atoms with Crippen LogP contribution < -0.4 is 5.32 Å². The van der Waals surface area contributed by atoms with Gasteiger partial charge in [0.15, 0.2) is 0 Å². The van der Waals surface area contributed by atoms with Gasteiger partial charge in [-0.2, -0.15) is 0 Å². The summed E-state index contributed by atoms with van der Waals surface area (Å²) in [6.45, 7) is 1.07. The van der Waals surface area contributed by atoms with Gasteiger partial charge in [-0.3, -0.25) is 4.57 Å². The highest BCUT2D eigenvalue weighted by molar-refractivity contribution is 5.77. The first kappa shape index (κ1) is 10.6. The van der Waals surface area contributed by atoms with Gasteiger partial charge >= 0.3 is 0 Å². The number of benzene rings is 2. The van der Waals surface area contributed by atoms with Crippen LogP contribution in [0.4, 0.5) is 5.69 Å². The van der Waals surface area contributed by atoms with Crippen LogP contribution in [0.15, 0.2) is 48.8 Å². The van der Waals surface area contributed by atoms with E-state index >= 15 is 0 Å². The number of anilines is 1. The van der Waals surface area contributed by atoms with Crippen molar-refractivity contribution in [2.45, 2.75) is 12.8 Å². The van der Waals surface area contributed by atoms with Crippen LogP contribution in [0.25, 0.3) is 16.7 Å². The SMILES string of the molecule is c1ccc2c(c1)ncn2-c1ccc2c(c1)NCCC2. The molecule has 3 nitrogen and oxygen atoms in total. The number of aryl methyl sites for hydroxylation is 1. The molecule has 0 saturated heterocycles. The zero-order valence-electron chi connectivity index (χ0n) is 10.6. The second kappa shape index (κ2) is 4.12. The summed E-state index contributed by atoms with van der Waals surface area (Å²) >= 11 is 0. The first-order valence-corrected chi connectivity index (χ1v) is 6.71. The molecule has 0 bridgehead atoms. The number of nitrogens with zero attached hydrogens (tertiary/aromatic N) is 2. The summed E-state index contributed by atoms with van der Waals surface area (Å²) < 4.78 is 2.14. The normalized spacial score (nSPS) is 14.1. The van der Waals surface area contributed by atoms with Crippen LogP contribution in [0, 0.1) is 0 Å². The minimum absolute atomic E-state index is 1.04. The summed E-state index contributed by atoms with van der Waals surface area (Å²) in [6, 6.07) is 14.9. The Kier molecular flexibility index (Phi) is 2.30. The number of hydrogen-bond donors (Lipinski definition) is 1. The molecule has 3 aromatic rings. The number of imidazole rings is 1. The Hall–Kier alpha value is -2.29. The highest BCUT2D eigenvalue weighted by Gasteiger charge is 2.10. The fourth-order valence-electron chi connectivity index (χ4n) is 2.76. The third-order valence-electron chi connectivity index (χ3n) is 3.76. The van der Waals surface area contributed by atoms with Crippen molar-refractivity contribution < 1.29 is 0 Å². The van der Waals surface area contributed by atoms with Gasteiger partial charge in [-0.25, -0.2) is 4.98 Å². The Morgan fingerprint density at radius 3 is 3.05 bits per heavy atom. The van der Waals surface area contributed by atoms with E-state index in [0.29, 0.717) is 0 Å². The summed E-state index contributed by atoms with van der Waals surface area (Å²) in [7, 11) is 0. The van der Waals surface area contributed by atoms with Gasteiger partial charge in [0, 0.05) is 17.9 Å². The van der Waals surface area contributed by atoms with Crippen LogP contribution in [0.3, 0.4) is 0 Å². The molecule has 19 heavy (non-hydrogen) atoms. The zero-order valence-corrected chi connectivity index (χ0v) is 10.6. The van der Waals surface area contributed by atoms with E-state index in [4.69, 9.17) is 0 Å². The maximum Gasteiger partial charge on any atom is 0.100 e. The first-order valence-electron chi connectivity index (χ1n) is 6.71. The van der Waals surface area contributed by atoms with E-state index in [1.807, 2.05) is 18.5 Å². The van der Waals surface area contributed by atoms with Crippen molar-refractivity contribution in [1.29, 1.82) is 0 Å². The standard InChI is InChI=1S/C16H15N3/c1-2-6-16-14(5-1)18-11-19(16)13-8-7-12-4-3-9-17-15(12)10-13/h1-2,5-8,10-11,17H,3-4,9H2. The summed E-state index contributed by atoms with van der Waals surface area (Å²) in [4.78, 5) is 4.45. The molecule has 4 rings (SSSR count). The number of rotatable bonds is 1. The molecular weight excluding hydrogens is 234 g/mol. The maximum absolute atomic E-state index is 4.45. The molecule has 3 heteroatoms. The Morgan fingerprint density at radius 1 is 1.11 bits per heavy atom. The Labute approximate surface area is 111 Å². The van der Waals surface area contributed by atoms with Gasteiger partial charge < -0.3 is 5.32 Å². The molecule has 1 aliphatic rings. The number of para-hydroxylation sites is 2. The smallest absolute Gasteiger partial charge is 0.100 e. The number of aromatic nitrogens is 2. The van der Waals surface area contributed by atoms with E-state index < -0.39 is 0 Å². The molecule has 1 aliphatic heterocycles. The molecule has 0 unspecified atom stereocenters. The lowest BCUT2D eigenvalue weighted by Gasteiger charge is -2.19. The number of hydrogen-bond acceptors (Lipinski definition) is 2. The Bertz CT molecular complexity index is 743. The third-order valence-corrected chi connectivity index (χ3v) is 3.76. The second-order valence-corrected chi connectivity index (χ2v) is 4.98. The summed E-state index contributed by atoms with van der Waals surface area (Å²) in [5.41, 5.74) is 6.04. The van der Waals surface area contributed by atoms with Crippen LogP contribution in [-0.2, 0) is 6.42 Å². The molecule has 0 amide bonds. The van der Waals surface area contributed by atoms with Crippen molar-refractivity contribution in [3.05, 3.63) is 54.4 Å². The van der Waals surface area contributed by atoms with Crippen LogP contribution >= 0.6 is 0 Å². The van der Waals surface area contributed by atoms with Gasteiger partial charge in [0.25, 0.3) is 0 Å². The monoisotopic (exact) mass is 249 g/mol. The number of nitrogens with one attached hydrogen (secondary N) is 1. The maximum atomic E-state index is 4.45. The van der Waals surface area contributed by atoms with Gasteiger partial charge in [-0.05, 0) is 42.7 Å². The van der Waals surface area contributed by atoms with Crippen LogP contribution in [-0.4, -0.2) is 16.1 Å². The lowest BCUT2D eigenvalue weighted by molar-refractivity contribution is 0.829. The average molecular weight is 249 g/mol. The molecule has 0 fully saturated rings. The van der Waals surface area contributed by atoms with Crippen LogP contribution in [0.2, 0.25) is 0 Å². The van der Waals surface area contributed by atoms with Crippen LogP contribution in [0.1, 0.15) is 12.0 Å². The molecule has 94 valence electrons. The van der Waals surface area contributed by atoms with Gasteiger partial charge in [-0.15, -0.1) is 0 Å². The van der Waals surface area contributed by atoms with Gasteiger partial charge in [0.2, 0.25) is 0 Å². The van der Waals surface area contributed by atoms with E-state index in [0.717, 1.165) is 17.6 Å². The van der Waals surface area contributed by atoms with Crippen molar-refractivity contribution >= 4 is 16.7 Å². The van der Waals surface area contributed by atoms with Crippen molar-refractivity contribution in [1.82, 2.24) is 9.55 Å². The van der Waals surface area contributed by atoms with E-state index in [1.54, 1.807) is 0 Å². The lowest BCUT2D eigenvalue weighted by atomic mass is 10.0. The largest absolute Gasteiger partial charge is 0.385 e. The van der Waals surface area contributed by atoms with Crippen molar-refractivity contribution in [2.75, 3.05) is 11.9 Å². The lowest BCUT2D eigenvalue weighted by Crippen LogP contribution is -2.11. The minimum Gasteiger partial charge on any atom is -0.385 e. The van der Waals surface area contributed by atoms with Gasteiger partial charge in [0.1, 0.15) is 6.33 Å². The molecule has 2 aromatic carbocycles. The summed E-state index contributed by atoms with van der Waals surface area (Å²) in [5.74, 6) is 0. The minimum atomic E-state index is 1.04. The molecule has 0 saturated carbocycles. The predicted octanol–water partition coefficient (Wildman–Crippen LogP) is 3.38. The Morgan fingerprint density at radius 2 is 2.05 bits per heavy atom. The van der Waals surface area contributed by atoms with E-state index in [2.05, 4.69) is 45.2 Å². The molecule has 0 atom stereocenters. The molecule has 0 radical (unpaired) electrons. The van der Waals surface area contributed by atoms with E-state index in [1.165, 1.54) is 29.8 Å². The van der Waals surface area contributed by atoms with Crippen molar-refractivity contribution in [3.63, 3.8) is 0 Å². The quantitative estimate of drug-likeness (QED) is 0.716. The fourth-order valence-corrected chi connectivity index (χ4v) is 2.76. The topological polar surface area (TPSA) is 29.9 Å². The molecule has 2 heterocycles.